The molecule has 2 aromatic rings. The second-order valence-electron chi connectivity index (χ2n) is 3.79. The average molecular weight is 231 g/mol. The minimum absolute atomic E-state index is 0.224. The third-order valence-electron chi connectivity index (χ3n) is 2.42. The molecule has 1 amide bonds. The number of anilines is 2. The van der Waals surface area contributed by atoms with Gasteiger partial charge in [0, 0.05) is 24.5 Å². The Bertz CT molecular complexity index is 531. The van der Waals surface area contributed by atoms with Gasteiger partial charge in [-0.25, -0.2) is 0 Å². The molecular weight excluding hydrogens is 218 g/mol. The number of rotatable bonds is 2. The molecule has 0 saturated heterocycles. The van der Waals surface area contributed by atoms with E-state index < -0.39 is 0 Å². The first kappa shape index (κ1) is 11.2. The number of aryl methyl sites for hydroxylation is 1. The molecule has 0 radical (unpaired) electrons. The predicted molar refractivity (Wildman–Crippen MR) is 64.8 cm³/mol. The lowest BCUT2D eigenvalue weighted by molar-refractivity contribution is 0.0957. The summed E-state index contributed by atoms with van der Waals surface area (Å²) in [5, 5.41) is 3.69. The molecule has 0 bridgehead atoms. The molecule has 88 valence electrons. The van der Waals surface area contributed by atoms with E-state index in [-0.39, 0.29) is 11.7 Å². The van der Waals surface area contributed by atoms with Gasteiger partial charge in [0.15, 0.2) is 0 Å². The molecule has 1 aromatic carbocycles. The molecule has 0 aliphatic rings. The van der Waals surface area contributed by atoms with Crippen molar-refractivity contribution in [2.24, 2.45) is 0 Å². The van der Waals surface area contributed by atoms with Crippen molar-refractivity contribution in [3.63, 3.8) is 0 Å². The number of hydrogen-bond donors (Lipinski definition) is 1. The molecule has 5 nitrogen and oxygen atoms in total. The van der Waals surface area contributed by atoms with Crippen LogP contribution in [0.5, 0.6) is 0 Å². The Labute approximate surface area is 98.8 Å². The van der Waals surface area contributed by atoms with Gasteiger partial charge >= 0.3 is 0 Å². The fourth-order valence-electron chi connectivity index (χ4n) is 1.44. The summed E-state index contributed by atoms with van der Waals surface area (Å²) in [5.74, 6) is -0.0165. The molecule has 2 N–H and O–H groups in total. The van der Waals surface area contributed by atoms with Crippen molar-refractivity contribution in [1.82, 2.24) is 5.16 Å². The molecule has 0 fully saturated rings. The summed E-state index contributed by atoms with van der Waals surface area (Å²) in [6, 6.07) is 8.64. The van der Waals surface area contributed by atoms with E-state index in [0.29, 0.717) is 11.4 Å². The zero-order valence-corrected chi connectivity index (χ0v) is 9.68. The lowest BCUT2D eigenvalue weighted by atomic mass is 10.2. The molecule has 1 aromatic heterocycles. The average Bonchev–Trinajstić information content (AvgIpc) is 2.75. The van der Waals surface area contributed by atoms with Crippen LogP contribution in [0.4, 0.5) is 11.4 Å². The van der Waals surface area contributed by atoms with Gasteiger partial charge < -0.3 is 15.2 Å². The Hall–Kier alpha value is -2.30. The summed E-state index contributed by atoms with van der Waals surface area (Å²) >= 11 is 0. The van der Waals surface area contributed by atoms with Gasteiger partial charge in [-0.1, -0.05) is 5.16 Å². The van der Waals surface area contributed by atoms with Crippen LogP contribution in [-0.4, -0.2) is 18.1 Å². The van der Waals surface area contributed by atoms with E-state index in [1.807, 2.05) is 0 Å². The lowest BCUT2D eigenvalue weighted by Crippen LogP contribution is -2.25. The maximum atomic E-state index is 12.0. The Kier molecular flexibility index (Phi) is 2.82. The van der Waals surface area contributed by atoms with Gasteiger partial charge in [-0.3, -0.25) is 4.79 Å². The van der Waals surface area contributed by atoms with Gasteiger partial charge in [-0.05, 0) is 31.2 Å². The number of aromatic nitrogens is 1. The van der Waals surface area contributed by atoms with Crippen LogP contribution in [-0.2, 0) is 0 Å². The van der Waals surface area contributed by atoms with Crippen molar-refractivity contribution in [2.45, 2.75) is 6.92 Å². The second-order valence-corrected chi connectivity index (χ2v) is 3.79. The highest BCUT2D eigenvalue weighted by Gasteiger charge is 2.17. The molecule has 0 saturated carbocycles. The SMILES string of the molecule is Cc1cc(C(=O)N(C)c2ccc(N)cc2)on1. The van der Waals surface area contributed by atoms with E-state index in [9.17, 15) is 4.79 Å². The monoisotopic (exact) mass is 231 g/mol. The van der Waals surface area contributed by atoms with Crippen LogP contribution < -0.4 is 10.6 Å². The first-order chi connectivity index (χ1) is 8.08. The molecule has 5 heteroatoms. The summed E-state index contributed by atoms with van der Waals surface area (Å²) in [5.41, 5.74) is 7.67. The fourth-order valence-corrected chi connectivity index (χ4v) is 1.44. The smallest absolute Gasteiger partial charge is 0.296 e. The minimum atomic E-state index is -0.240. The maximum Gasteiger partial charge on any atom is 0.296 e. The van der Waals surface area contributed by atoms with Crippen LogP contribution in [0.1, 0.15) is 16.2 Å². The highest BCUT2D eigenvalue weighted by Crippen LogP contribution is 2.17. The highest BCUT2D eigenvalue weighted by molar-refractivity contribution is 6.03. The molecule has 17 heavy (non-hydrogen) atoms. The van der Waals surface area contributed by atoms with Crippen LogP contribution in [0, 0.1) is 6.92 Å². The van der Waals surface area contributed by atoms with Crippen molar-refractivity contribution < 1.29 is 9.32 Å². The van der Waals surface area contributed by atoms with Gasteiger partial charge in [0.1, 0.15) is 0 Å². The first-order valence-electron chi connectivity index (χ1n) is 5.15. The van der Waals surface area contributed by atoms with Gasteiger partial charge in [0.25, 0.3) is 5.91 Å². The van der Waals surface area contributed by atoms with Crippen LogP contribution >= 0.6 is 0 Å². The quantitative estimate of drug-likeness (QED) is 0.800. The summed E-state index contributed by atoms with van der Waals surface area (Å²) in [6.45, 7) is 1.77. The molecule has 1 heterocycles. The van der Waals surface area contributed by atoms with E-state index in [0.717, 1.165) is 5.69 Å². The largest absolute Gasteiger partial charge is 0.399 e. The molecule has 0 unspecified atom stereocenters. The number of nitrogen functional groups attached to an aromatic ring is 1. The Morgan fingerprint density at radius 2 is 2.00 bits per heavy atom. The van der Waals surface area contributed by atoms with Gasteiger partial charge in [-0.2, -0.15) is 0 Å². The standard InChI is InChI=1S/C12H13N3O2/c1-8-7-11(17-14-8)12(16)15(2)10-5-3-9(13)4-6-10/h3-7H,13H2,1-2H3. The molecule has 0 spiro atoms. The Morgan fingerprint density at radius 1 is 1.35 bits per heavy atom. The first-order valence-corrected chi connectivity index (χ1v) is 5.15. The predicted octanol–water partition coefficient (Wildman–Crippen LogP) is 1.84. The second kappa shape index (κ2) is 4.29. The molecule has 2 rings (SSSR count). The summed E-state index contributed by atoms with van der Waals surface area (Å²) in [6.07, 6.45) is 0. The third kappa shape index (κ3) is 2.28. The number of nitrogens with zero attached hydrogens (tertiary/aromatic N) is 2. The molecular formula is C12H13N3O2. The summed E-state index contributed by atoms with van der Waals surface area (Å²) < 4.78 is 4.93. The zero-order valence-electron chi connectivity index (χ0n) is 9.68. The van der Waals surface area contributed by atoms with Crippen LogP contribution in [0.15, 0.2) is 34.9 Å². The van der Waals surface area contributed by atoms with E-state index in [1.54, 1.807) is 44.3 Å². The van der Waals surface area contributed by atoms with E-state index in [2.05, 4.69) is 5.16 Å². The fraction of sp³-hybridized carbons (Fsp3) is 0.167. The van der Waals surface area contributed by atoms with Crippen LogP contribution in [0.2, 0.25) is 0 Å². The van der Waals surface area contributed by atoms with Crippen molar-refractivity contribution >= 4 is 17.3 Å². The van der Waals surface area contributed by atoms with Crippen molar-refractivity contribution in [2.75, 3.05) is 17.7 Å². The molecule has 0 aliphatic carbocycles. The maximum absolute atomic E-state index is 12.0. The van der Waals surface area contributed by atoms with Crippen LogP contribution in [0.3, 0.4) is 0 Å². The van der Waals surface area contributed by atoms with Crippen LogP contribution in [0.25, 0.3) is 0 Å². The van der Waals surface area contributed by atoms with Gasteiger partial charge in [0.2, 0.25) is 5.76 Å². The summed E-state index contributed by atoms with van der Waals surface area (Å²) in [7, 11) is 1.67. The zero-order chi connectivity index (χ0) is 12.4. The summed E-state index contributed by atoms with van der Waals surface area (Å²) in [4.78, 5) is 13.5. The number of hydrogen-bond acceptors (Lipinski definition) is 4. The van der Waals surface area contributed by atoms with E-state index >= 15 is 0 Å². The molecule has 0 aliphatic heterocycles. The van der Waals surface area contributed by atoms with E-state index in [4.69, 9.17) is 10.3 Å². The normalized spacial score (nSPS) is 10.2. The Morgan fingerprint density at radius 3 is 2.53 bits per heavy atom. The highest BCUT2D eigenvalue weighted by atomic mass is 16.5. The lowest BCUT2D eigenvalue weighted by Gasteiger charge is -2.15. The van der Waals surface area contributed by atoms with Crippen molar-refractivity contribution in [3.8, 4) is 0 Å². The van der Waals surface area contributed by atoms with Gasteiger partial charge in [-0.15, -0.1) is 0 Å². The van der Waals surface area contributed by atoms with Crippen molar-refractivity contribution in [3.05, 3.63) is 41.8 Å². The number of nitrogens with two attached hydrogens (primary N) is 1. The number of amides is 1. The number of carbonyl (C=O) groups excluding carboxylic acids is 1. The molecule has 0 atom stereocenters. The minimum Gasteiger partial charge on any atom is -0.399 e. The van der Waals surface area contributed by atoms with Gasteiger partial charge in [0.05, 0.1) is 5.69 Å². The Balaban J connectivity index is 2.23. The van der Waals surface area contributed by atoms with E-state index in [1.165, 1.54) is 4.90 Å². The van der Waals surface area contributed by atoms with Crippen molar-refractivity contribution in [1.29, 1.82) is 0 Å². The number of benzene rings is 1. The third-order valence-corrected chi connectivity index (χ3v) is 2.42. The number of carbonyl (C=O) groups is 1. The topological polar surface area (TPSA) is 72.4 Å².